The van der Waals surface area contributed by atoms with Gasteiger partial charge >= 0.3 is 0 Å². The number of phenolic OH excluding ortho intramolecular Hbond substituents is 4. The molecule has 4 heteroatoms. The first-order chi connectivity index (χ1) is 6.37. The fraction of sp³-hybridized carbons (Fsp3) is 0.400. The molecule has 0 fully saturated rings. The van der Waals surface area contributed by atoms with E-state index in [1.54, 1.807) is 6.92 Å². The van der Waals surface area contributed by atoms with Gasteiger partial charge in [0.05, 0.1) is 0 Å². The lowest BCUT2D eigenvalue weighted by Gasteiger charge is -2.15. The molecule has 1 aromatic rings. The standard InChI is InChI=1S/C10H14O4/c1-4(2)6-5(3)7(11)9(13)10(14)8(6)12/h4,11-14H,1-3H3. The second kappa shape index (κ2) is 3.29. The zero-order valence-electron chi connectivity index (χ0n) is 8.37. The minimum atomic E-state index is -0.676. The van der Waals surface area contributed by atoms with Crippen molar-refractivity contribution in [3.05, 3.63) is 11.1 Å². The molecule has 0 aromatic heterocycles. The van der Waals surface area contributed by atoms with E-state index < -0.39 is 11.5 Å². The summed E-state index contributed by atoms with van der Waals surface area (Å²) < 4.78 is 0. The number of hydrogen-bond acceptors (Lipinski definition) is 4. The first kappa shape index (κ1) is 10.5. The van der Waals surface area contributed by atoms with Gasteiger partial charge in [0.15, 0.2) is 11.5 Å². The van der Waals surface area contributed by atoms with Gasteiger partial charge in [-0.3, -0.25) is 0 Å². The van der Waals surface area contributed by atoms with Crippen LogP contribution in [0.4, 0.5) is 0 Å². The monoisotopic (exact) mass is 198 g/mol. The molecular weight excluding hydrogens is 184 g/mol. The van der Waals surface area contributed by atoms with Gasteiger partial charge in [0.1, 0.15) is 0 Å². The number of benzene rings is 1. The minimum Gasteiger partial charge on any atom is -0.504 e. The van der Waals surface area contributed by atoms with Crippen LogP contribution in [-0.4, -0.2) is 20.4 Å². The van der Waals surface area contributed by atoms with Crippen LogP contribution in [0.5, 0.6) is 23.0 Å². The molecule has 0 unspecified atom stereocenters. The third-order valence-corrected chi connectivity index (χ3v) is 2.26. The molecule has 0 saturated carbocycles. The summed E-state index contributed by atoms with van der Waals surface area (Å²) in [5.41, 5.74) is 0.825. The van der Waals surface area contributed by atoms with Crippen molar-refractivity contribution >= 4 is 0 Å². The van der Waals surface area contributed by atoms with Crippen LogP contribution in [0.1, 0.15) is 30.9 Å². The Morgan fingerprint density at radius 3 is 1.64 bits per heavy atom. The van der Waals surface area contributed by atoms with Crippen molar-refractivity contribution in [2.45, 2.75) is 26.7 Å². The van der Waals surface area contributed by atoms with Crippen molar-refractivity contribution in [1.82, 2.24) is 0 Å². The Labute approximate surface area is 82.1 Å². The van der Waals surface area contributed by atoms with Crippen LogP contribution in [0.3, 0.4) is 0 Å². The zero-order chi connectivity index (χ0) is 11.0. The summed E-state index contributed by atoms with van der Waals surface area (Å²) in [6.07, 6.45) is 0. The summed E-state index contributed by atoms with van der Waals surface area (Å²) in [5, 5.41) is 37.4. The lowest BCUT2D eigenvalue weighted by Crippen LogP contribution is -1.94. The fourth-order valence-corrected chi connectivity index (χ4v) is 1.54. The summed E-state index contributed by atoms with van der Waals surface area (Å²) in [5.74, 6) is -2.15. The molecule has 1 aromatic carbocycles. The molecule has 0 saturated heterocycles. The van der Waals surface area contributed by atoms with E-state index in [0.717, 1.165) is 0 Å². The summed E-state index contributed by atoms with van der Waals surface area (Å²) in [6.45, 7) is 5.21. The fourth-order valence-electron chi connectivity index (χ4n) is 1.54. The highest BCUT2D eigenvalue weighted by atomic mass is 16.3. The Hall–Kier alpha value is -1.58. The minimum absolute atomic E-state index is 0.0487. The van der Waals surface area contributed by atoms with Crippen LogP contribution in [-0.2, 0) is 0 Å². The van der Waals surface area contributed by atoms with E-state index >= 15 is 0 Å². The Bertz CT molecular complexity index is 340. The Kier molecular flexibility index (Phi) is 2.47. The van der Waals surface area contributed by atoms with E-state index in [4.69, 9.17) is 0 Å². The molecule has 0 bridgehead atoms. The molecule has 0 aliphatic carbocycles. The lowest BCUT2D eigenvalue weighted by molar-refractivity contribution is 0.340. The van der Waals surface area contributed by atoms with Crippen LogP contribution < -0.4 is 0 Å². The average Bonchev–Trinajstić information content (AvgIpc) is 2.11. The first-order valence-corrected chi connectivity index (χ1v) is 4.34. The summed E-state index contributed by atoms with van der Waals surface area (Å²) in [4.78, 5) is 0. The summed E-state index contributed by atoms with van der Waals surface area (Å²) >= 11 is 0. The summed E-state index contributed by atoms with van der Waals surface area (Å²) in [7, 11) is 0. The van der Waals surface area contributed by atoms with E-state index in [1.807, 2.05) is 13.8 Å². The van der Waals surface area contributed by atoms with E-state index in [1.165, 1.54) is 0 Å². The van der Waals surface area contributed by atoms with Gasteiger partial charge in [0.25, 0.3) is 0 Å². The maximum absolute atomic E-state index is 9.53. The second-order valence-electron chi connectivity index (χ2n) is 3.59. The van der Waals surface area contributed by atoms with Crippen molar-refractivity contribution in [3.8, 4) is 23.0 Å². The zero-order valence-corrected chi connectivity index (χ0v) is 8.37. The molecule has 0 radical (unpaired) electrons. The van der Waals surface area contributed by atoms with Gasteiger partial charge in [-0.05, 0) is 12.8 Å². The second-order valence-corrected chi connectivity index (χ2v) is 3.59. The predicted molar refractivity (Wildman–Crippen MR) is 51.9 cm³/mol. The van der Waals surface area contributed by atoms with Crippen LogP contribution in [0.25, 0.3) is 0 Å². The van der Waals surface area contributed by atoms with Crippen molar-refractivity contribution in [1.29, 1.82) is 0 Å². The average molecular weight is 198 g/mol. The maximum Gasteiger partial charge on any atom is 0.204 e. The van der Waals surface area contributed by atoms with Gasteiger partial charge in [-0.25, -0.2) is 0 Å². The Morgan fingerprint density at radius 1 is 0.786 bits per heavy atom. The van der Waals surface area contributed by atoms with E-state index in [9.17, 15) is 20.4 Å². The molecule has 1 rings (SSSR count). The third-order valence-electron chi connectivity index (χ3n) is 2.26. The van der Waals surface area contributed by atoms with Gasteiger partial charge in [0.2, 0.25) is 11.5 Å². The molecule has 0 atom stereocenters. The molecule has 0 heterocycles. The normalized spacial score (nSPS) is 10.9. The van der Waals surface area contributed by atoms with Crippen molar-refractivity contribution in [2.24, 2.45) is 0 Å². The topological polar surface area (TPSA) is 80.9 Å². The molecular formula is C10H14O4. The molecule has 14 heavy (non-hydrogen) atoms. The molecule has 4 N–H and O–H groups in total. The highest BCUT2D eigenvalue weighted by Crippen LogP contribution is 2.48. The largest absolute Gasteiger partial charge is 0.504 e. The van der Waals surface area contributed by atoms with E-state index in [-0.39, 0.29) is 17.4 Å². The molecule has 0 aliphatic heterocycles. The van der Waals surface area contributed by atoms with Crippen molar-refractivity contribution < 1.29 is 20.4 Å². The van der Waals surface area contributed by atoms with Gasteiger partial charge in [0, 0.05) is 11.1 Å². The molecule has 0 spiro atoms. The van der Waals surface area contributed by atoms with Crippen molar-refractivity contribution in [2.75, 3.05) is 0 Å². The quantitative estimate of drug-likeness (QED) is 0.410. The Balaban J connectivity index is 3.60. The third kappa shape index (κ3) is 1.32. The number of hydrogen-bond donors (Lipinski definition) is 4. The van der Waals surface area contributed by atoms with Crippen LogP contribution >= 0.6 is 0 Å². The number of aromatic hydroxyl groups is 4. The van der Waals surface area contributed by atoms with Crippen LogP contribution in [0.15, 0.2) is 0 Å². The molecule has 0 amide bonds. The van der Waals surface area contributed by atoms with Gasteiger partial charge in [-0.2, -0.15) is 0 Å². The maximum atomic E-state index is 9.53. The molecule has 78 valence electrons. The van der Waals surface area contributed by atoms with Crippen LogP contribution in [0.2, 0.25) is 0 Å². The SMILES string of the molecule is Cc1c(O)c(O)c(O)c(O)c1C(C)C. The number of phenols is 4. The van der Waals surface area contributed by atoms with Crippen LogP contribution in [0, 0.1) is 6.92 Å². The predicted octanol–water partition coefficient (Wildman–Crippen LogP) is 1.94. The number of rotatable bonds is 1. The molecule has 0 aliphatic rings. The highest BCUT2D eigenvalue weighted by Gasteiger charge is 2.21. The van der Waals surface area contributed by atoms with E-state index in [0.29, 0.717) is 11.1 Å². The summed E-state index contributed by atoms with van der Waals surface area (Å²) in [6, 6.07) is 0. The smallest absolute Gasteiger partial charge is 0.204 e. The van der Waals surface area contributed by atoms with Crippen molar-refractivity contribution in [3.63, 3.8) is 0 Å². The molecule has 4 nitrogen and oxygen atoms in total. The first-order valence-electron chi connectivity index (χ1n) is 4.34. The lowest BCUT2D eigenvalue weighted by atomic mass is 9.95. The van der Waals surface area contributed by atoms with Gasteiger partial charge in [-0.1, -0.05) is 13.8 Å². The van der Waals surface area contributed by atoms with E-state index in [2.05, 4.69) is 0 Å². The van der Waals surface area contributed by atoms with Gasteiger partial charge in [-0.15, -0.1) is 0 Å². The Morgan fingerprint density at radius 2 is 1.21 bits per heavy atom. The van der Waals surface area contributed by atoms with Gasteiger partial charge < -0.3 is 20.4 Å². The highest BCUT2D eigenvalue weighted by molar-refractivity contribution is 5.64.